The van der Waals surface area contributed by atoms with E-state index in [1.165, 1.54) is 31.3 Å². The van der Waals surface area contributed by atoms with Gasteiger partial charge in [-0.25, -0.2) is 4.79 Å². The highest BCUT2D eigenvalue weighted by Crippen LogP contribution is 2.67. The first-order chi connectivity index (χ1) is 19.0. The van der Waals surface area contributed by atoms with Crippen molar-refractivity contribution in [3.05, 3.63) is 59.2 Å². The first kappa shape index (κ1) is 30.8. The molecule has 0 amide bonds. The molecule has 1 aromatic rings. The molecule has 4 heteroatoms. The summed E-state index contributed by atoms with van der Waals surface area (Å²) in [4.78, 5) is 13.0. The summed E-state index contributed by atoms with van der Waals surface area (Å²) >= 11 is 0. The van der Waals surface area contributed by atoms with Crippen molar-refractivity contribution in [1.29, 1.82) is 0 Å². The van der Waals surface area contributed by atoms with Gasteiger partial charge >= 0.3 is 5.97 Å². The van der Waals surface area contributed by atoms with Crippen LogP contribution in [0, 0.1) is 39.9 Å². The van der Waals surface area contributed by atoms with Crippen LogP contribution in [0.2, 0.25) is 18.1 Å². The Hall–Kier alpha value is -1.65. The summed E-state index contributed by atoms with van der Waals surface area (Å²) in [7, 11) is -1.74. The van der Waals surface area contributed by atoms with Crippen LogP contribution >= 0.6 is 0 Å². The van der Waals surface area contributed by atoms with E-state index < -0.39 is 8.32 Å². The van der Waals surface area contributed by atoms with Gasteiger partial charge in [0.1, 0.15) is 6.10 Å². The Labute approximate surface area is 251 Å². The number of rotatable bonds is 6. The fourth-order valence-electron chi connectivity index (χ4n) is 9.32. The van der Waals surface area contributed by atoms with Crippen molar-refractivity contribution in [3.8, 4) is 0 Å². The molecule has 3 nitrogen and oxygen atoms in total. The predicted octanol–water partition coefficient (Wildman–Crippen LogP) is 10.0. The van der Waals surface area contributed by atoms with E-state index in [0.717, 1.165) is 25.4 Å². The second-order valence-corrected chi connectivity index (χ2v) is 21.4. The van der Waals surface area contributed by atoms with Gasteiger partial charge in [0.15, 0.2) is 8.32 Å². The normalized spacial score (nSPS) is 35.4. The molecule has 0 aliphatic heterocycles. The fraction of sp³-hybridized carbons (Fsp3) is 0.703. The SMILES string of the molecule is CC(CO[Si](C)(C)C(C)(C)C)[C@H]1CC[C@H]2C3=CC=C4C(C)(C)[C@@H](OC(=O)c5ccccc5)CC[C@]4(C)[C@H]3CC[C@]12C. The summed E-state index contributed by atoms with van der Waals surface area (Å²) in [5.74, 6) is 2.39. The fourth-order valence-corrected chi connectivity index (χ4v) is 10.4. The number of fused-ring (bicyclic) bond motifs is 5. The van der Waals surface area contributed by atoms with Crippen LogP contribution < -0.4 is 0 Å². The first-order valence-electron chi connectivity index (χ1n) is 16.3. The number of allylic oxidation sites excluding steroid dienone is 3. The molecule has 4 aliphatic carbocycles. The smallest absolute Gasteiger partial charge is 0.338 e. The monoisotopic (exact) mass is 576 g/mol. The van der Waals surface area contributed by atoms with Crippen molar-refractivity contribution < 1.29 is 14.0 Å². The van der Waals surface area contributed by atoms with Crippen LogP contribution in [0.25, 0.3) is 0 Å². The standard InChI is InChI=1S/C37H56O3Si/c1-25(24-39-41(9,10)34(2,3)4)28-17-18-29-27-16-19-31-35(5,6)32(40-33(38)26-14-12-11-13-15-26)21-23-37(31,8)30(27)20-22-36(28,29)7/h11-16,19,25,28-30,32H,17-18,20-24H2,1-10H3/t25?,28-,29+,30+,32+,36-,37-/m1/s1. The second kappa shape index (κ2) is 10.5. The highest BCUT2D eigenvalue weighted by Gasteiger charge is 2.60. The maximum Gasteiger partial charge on any atom is 0.338 e. The lowest BCUT2D eigenvalue weighted by atomic mass is 9.47. The molecule has 7 atom stereocenters. The van der Waals surface area contributed by atoms with Gasteiger partial charge in [0, 0.05) is 12.0 Å². The number of esters is 1. The zero-order chi connectivity index (χ0) is 30.0. The summed E-state index contributed by atoms with van der Waals surface area (Å²) in [5, 5.41) is 0.256. The summed E-state index contributed by atoms with van der Waals surface area (Å²) in [5.41, 5.74) is 4.17. The zero-order valence-corrected chi connectivity index (χ0v) is 28.6. The van der Waals surface area contributed by atoms with Gasteiger partial charge < -0.3 is 9.16 Å². The lowest BCUT2D eigenvalue weighted by Gasteiger charge is -2.58. The van der Waals surface area contributed by atoms with Crippen LogP contribution in [0.4, 0.5) is 0 Å². The Kier molecular flexibility index (Phi) is 7.89. The van der Waals surface area contributed by atoms with E-state index in [0.29, 0.717) is 28.7 Å². The summed E-state index contributed by atoms with van der Waals surface area (Å²) in [6.45, 7) is 24.9. The van der Waals surface area contributed by atoms with Crippen LogP contribution in [0.15, 0.2) is 53.6 Å². The Morgan fingerprint density at radius 2 is 1.63 bits per heavy atom. The third kappa shape index (κ3) is 5.13. The van der Waals surface area contributed by atoms with Crippen molar-refractivity contribution in [2.24, 2.45) is 39.9 Å². The van der Waals surface area contributed by atoms with E-state index >= 15 is 0 Å². The number of carbonyl (C=O) groups excluding carboxylic acids is 1. The molecule has 0 N–H and O–H groups in total. The van der Waals surface area contributed by atoms with Gasteiger partial charge in [0.25, 0.3) is 0 Å². The number of hydrogen-bond acceptors (Lipinski definition) is 3. The minimum absolute atomic E-state index is 0.101. The van der Waals surface area contributed by atoms with Gasteiger partial charge in [-0.3, -0.25) is 0 Å². The number of carbonyl (C=O) groups is 1. The maximum atomic E-state index is 13.0. The highest BCUT2D eigenvalue weighted by atomic mass is 28.4. The molecule has 0 saturated heterocycles. The molecule has 4 aliphatic rings. The molecule has 0 radical (unpaired) electrons. The van der Waals surface area contributed by atoms with Gasteiger partial charge in [0.2, 0.25) is 0 Å². The Bertz CT molecular complexity index is 1200. The molecule has 0 heterocycles. The van der Waals surface area contributed by atoms with E-state index in [4.69, 9.17) is 9.16 Å². The molecule has 0 spiro atoms. The molecule has 0 bridgehead atoms. The minimum atomic E-state index is -1.74. The van der Waals surface area contributed by atoms with E-state index in [2.05, 4.69) is 80.6 Å². The molecule has 1 unspecified atom stereocenters. The summed E-state index contributed by atoms with van der Waals surface area (Å²) in [6.07, 6.45) is 12.1. The van der Waals surface area contributed by atoms with Crippen molar-refractivity contribution in [3.63, 3.8) is 0 Å². The zero-order valence-electron chi connectivity index (χ0n) is 27.6. The van der Waals surface area contributed by atoms with Crippen molar-refractivity contribution >= 4 is 14.3 Å². The van der Waals surface area contributed by atoms with E-state index in [9.17, 15) is 4.79 Å². The molecule has 41 heavy (non-hydrogen) atoms. The lowest BCUT2D eigenvalue weighted by molar-refractivity contribution is -0.0397. The van der Waals surface area contributed by atoms with Crippen LogP contribution in [-0.2, 0) is 9.16 Å². The van der Waals surface area contributed by atoms with Gasteiger partial charge in [-0.1, -0.05) is 96.9 Å². The van der Waals surface area contributed by atoms with Crippen molar-refractivity contribution in [2.45, 2.75) is 118 Å². The van der Waals surface area contributed by atoms with Crippen molar-refractivity contribution in [2.75, 3.05) is 6.61 Å². The maximum absolute atomic E-state index is 13.0. The van der Waals surface area contributed by atoms with Crippen LogP contribution in [0.5, 0.6) is 0 Å². The minimum Gasteiger partial charge on any atom is -0.458 e. The predicted molar refractivity (Wildman–Crippen MR) is 172 cm³/mol. The van der Waals surface area contributed by atoms with Gasteiger partial charge in [-0.15, -0.1) is 0 Å². The Morgan fingerprint density at radius 1 is 0.951 bits per heavy atom. The van der Waals surface area contributed by atoms with E-state index in [-0.39, 0.29) is 27.9 Å². The lowest BCUT2D eigenvalue weighted by Crippen LogP contribution is -2.52. The largest absolute Gasteiger partial charge is 0.458 e. The quantitative estimate of drug-likeness (QED) is 0.250. The Morgan fingerprint density at radius 3 is 2.29 bits per heavy atom. The van der Waals surface area contributed by atoms with Gasteiger partial charge in [-0.2, -0.15) is 0 Å². The average molecular weight is 577 g/mol. The summed E-state index contributed by atoms with van der Waals surface area (Å²) in [6, 6.07) is 9.45. The topological polar surface area (TPSA) is 35.5 Å². The molecule has 3 fully saturated rings. The molecular formula is C37H56O3Si. The number of ether oxygens (including phenoxy) is 1. The van der Waals surface area contributed by atoms with Crippen molar-refractivity contribution in [1.82, 2.24) is 0 Å². The van der Waals surface area contributed by atoms with E-state index in [1.54, 1.807) is 5.57 Å². The molecule has 5 rings (SSSR count). The molecule has 0 aromatic heterocycles. The first-order valence-corrected chi connectivity index (χ1v) is 19.3. The van der Waals surface area contributed by atoms with Gasteiger partial charge in [-0.05, 0) is 103 Å². The van der Waals surface area contributed by atoms with Crippen LogP contribution in [0.3, 0.4) is 0 Å². The van der Waals surface area contributed by atoms with Crippen LogP contribution in [0.1, 0.15) is 104 Å². The third-order valence-corrected chi connectivity index (χ3v) is 17.4. The second-order valence-electron chi connectivity index (χ2n) is 16.6. The number of benzene rings is 1. The highest BCUT2D eigenvalue weighted by molar-refractivity contribution is 6.74. The molecular weight excluding hydrogens is 520 g/mol. The van der Waals surface area contributed by atoms with Gasteiger partial charge in [0.05, 0.1) is 5.56 Å². The summed E-state index contributed by atoms with van der Waals surface area (Å²) < 4.78 is 13.0. The molecule has 3 saturated carbocycles. The Balaban J connectivity index is 1.35. The number of hydrogen-bond donors (Lipinski definition) is 0. The third-order valence-electron chi connectivity index (χ3n) is 12.9. The molecule has 1 aromatic carbocycles. The van der Waals surface area contributed by atoms with Crippen LogP contribution in [-0.4, -0.2) is 27.0 Å². The van der Waals surface area contributed by atoms with E-state index in [1.807, 2.05) is 30.3 Å². The molecule has 226 valence electrons. The average Bonchev–Trinajstić information content (AvgIpc) is 3.26.